The quantitative estimate of drug-likeness (QED) is 0.509. The molecule has 0 spiro atoms. The first-order chi connectivity index (χ1) is 11.2. The number of hydrogen-bond acceptors (Lipinski definition) is 4. The lowest BCUT2D eigenvalue weighted by atomic mass is 9.94. The molecule has 0 unspecified atom stereocenters. The largest absolute Gasteiger partial charge is 0.355 e. The highest BCUT2D eigenvalue weighted by Crippen LogP contribution is 2.32. The van der Waals surface area contributed by atoms with Gasteiger partial charge in [-0.3, -0.25) is 9.78 Å². The van der Waals surface area contributed by atoms with Crippen LogP contribution in [0.2, 0.25) is 0 Å². The van der Waals surface area contributed by atoms with E-state index in [9.17, 15) is 4.79 Å². The Labute approximate surface area is 135 Å². The zero-order valence-electron chi connectivity index (χ0n) is 13.1. The van der Waals surface area contributed by atoms with Crippen molar-refractivity contribution in [1.29, 1.82) is 5.41 Å². The summed E-state index contributed by atoms with van der Waals surface area (Å²) in [5.41, 5.74) is 5.49. The van der Waals surface area contributed by atoms with Crippen LogP contribution in [0.25, 0.3) is 5.57 Å². The van der Waals surface area contributed by atoms with Crippen molar-refractivity contribution in [2.24, 2.45) is 0 Å². The molecule has 0 bridgehead atoms. The van der Waals surface area contributed by atoms with Gasteiger partial charge in [0.2, 0.25) is 0 Å². The standard InChI is InChI=1S/C19H19N3O/c1-2-16-17-10-14(12-20)18(22-15-6-8-21-9-7-15)11-13(17)4-3-5-19(16)23/h2,6-12,20H,3-5H2,1H3,(H,21,22)/b16-2-,20-12?. The second kappa shape index (κ2) is 6.57. The summed E-state index contributed by atoms with van der Waals surface area (Å²) in [5, 5.41) is 11.1. The molecular weight excluding hydrogens is 286 g/mol. The van der Waals surface area contributed by atoms with E-state index in [1.54, 1.807) is 12.4 Å². The van der Waals surface area contributed by atoms with Gasteiger partial charge in [-0.25, -0.2) is 0 Å². The molecule has 0 amide bonds. The topological polar surface area (TPSA) is 65.8 Å². The van der Waals surface area contributed by atoms with Crippen LogP contribution in [0.3, 0.4) is 0 Å². The highest BCUT2D eigenvalue weighted by Gasteiger charge is 2.20. The Morgan fingerprint density at radius 3 is 2.70 bits per heavy atom. The van der Waals surface area contributed by atoms with E-state index in [1.165, 1.54) is 6.21 Å². The molecule has 2 N–H and O–H groups in total. The molecule has 1 heterocycles. The fraction of sp³-hybridized carbons (Fsp3) is 0.211. The average molecular weight is 305 g/mol. The van der Waals surface area contributed by atoms with Crippen molar-refractivity contribution in [1.82, 2.24) is 4.98 Å². The van der Waals surface area contributed by atoms with Crippen LogP contribution in [0.1, 0.15) is 36.5 Å². The summed E-state index contributed by atoms with van der Waals surface area (Å²) in [6, 6.07) is 7.79. The minimum atomic E-state index is 0.192. The highest BCUT2D eigenvalue weighted by atomic mass is 16.1. The van der Waals surface area contributed by atoms with E-state index in [-0.39, 0.29) is 5.78 Å². The molecule has 4 heteroatoms. The molecule has 4 nitrogen and oxygen atoms in total. The molecule has 0 saturated heterocycles. The Morgan fingerprint density at radius 2 is 2.00 bits per heavy atom. The molecule has 23 heavy (non-hydrogen) atoms. The number of fused-ring (bicyclic) bond motifs is 1. The number of anilines is 2. The molecule has 0 aliphatic heterocycles. The third kappa shape index (κ3) is 3.06. The first-order valence-electron chi connectivity index (χ1n) is 7.77. The van der Waals surface area contributed by atoms with Crippen molar-refractivity contribution in [2.45, 2.75) is 26.2 Å². The monoisotopic (exact) mass is 305 g/mol. The number of hydrogen-bond donors (Lipinski definition) is 2. The van der Waals surface area contributed by atoms with Gasteiger partial charge in [-0.1, -0.05) is 6.08 Å². The number of rotatable bonds is 3. The summed E-state index contributed by atoms with van der Waals surface area (Å²) in [5.74, 6) is 0.192. The van der Waals surface area contributed by atoms with Gasteiger partial charge < -0.3 is 10.7 Å². The van der Waals surface area contributed by atoms with E-state index in [0.717, 1.165) is 46.5 Å². The minimum Gasteiger partial charge on any atom is -0.355 e. The SMILES string of the molecule is C/C=C1\C(=O)CCCc2cc(Nc3ccncc3)c(C=N)cc21. The summed E-state index contributed by atoms with van der Waals surface area (Å²) in [6.45, 7) is 1.90. The van der Waals surface area contributed by atoms with Crippen LogP contribution in [0, 0.1) is 5.41 Å². The van der Waals surface area contributed by atoms with Crippen LogP contribution in [-0.2, 0) is 11.2 Å². The Hall–Kier alpha value is -2.75. The maximum absolute atomic E-state index is 12.2. The van der Waals surface area contributed by atoms with Crippen LogP contribution >= 0.6 is 0 Å². The number of nitrogens with zero attached hydrogens (tertiary/aromatic N) is 1. The van der Waals surface area contributed by atoms with E-state index in [0.29, 0.717) is 6.42 Å². The molecule has 0 atom stereocenters. The molecule has 2 aromatic rings. The summed E-state index contributed by atoms with van der Waals surface area (Å²) in [7, 11) is 0. The molecule has 0 saturated carbocycles. The number of pyridine rings is 1. The number of allylic oxidation sites excluding steroid dienone is 2. The van der Waals surface area contributed by atoms with Gasteiger partial charge in [0.25, 0.3) is 0 Å². The van der Waals surface area contributed by atoms with Gasteiger partial charge in [-0.2, -0.15) is 0 Å². The van der Waals surface area contributed by atoms with Crippen LogP contribution in [0.5, 0.6) is 0 Å². The number of benzene rings is 1. The lowest BCUT2D eigenvalue weighted by Crippen LogP contribution is -2.03. The molecule has 116 valence electrons. The van der Waals surface area contributed by atoms with Gasteiger partial charge in [-0.15, -0.1) is 0 Å². The Kier molecular flexibility index (Phi) is 4.33. The second-order valence-electron chi connectivity index (χ2n) is 5.58. The van der Waals surface area contributed by atoms with E-state index >= 15 is 0 Å². The van der Waals surface area contributed by atoms with Gasteiger partial charge in [-0.05, 0) is 55.2 Å². The fourth-order valence-corrected chi connectivity index (χ4v) is 2.98. The van der Waals surface area contributed by atoms with Gasteiger partial charge in [0.05, 0.1) is 0 Å². The normalized spacial score (nSPS) is 15.9. The second-order valence-corrected chi connectivity index (χ2v) is 5.58. The average Bonchev–Trinajstić information content (AvgIpc) is 2.72. The molecule has 0 fully saturated rings. The van der Waals surface area contributed by atoms with Crippen molar-refractivity contribution < 1.29 is 4.79 Å². The summed E-state index contributed by atoms with van der Waals surface area (Å²) in [6.07, 6.45) is 8.99. The molecule has 1 aliphatic carbocycles. The van der Waals surface area contributed by atoms with E-state index in [4.69, 9.17) is 5.41 Å². The number of aryl methyl sites for hydroxylation is 1. The summed E-state index contributed by atoms with van der Waals surface area (Å²) < 4.78 is 0. The molecular formula is C19H19N3O. The summed E-state index contributed by atoms with van der Waals surface area (Å²) in [4.78, 5) is 16.2. The van der Waals surface area contributed by atoms with Crippen molar-refractivity contribution >= 4 is 28.9 Å². The molecule has 3 rings (SSSR count). The zero-order chi connectivity index (χ0) is 16.2. The van der Waals surface area contributed by atoms with Gasteiger partial charge in [0.15, 0.2) is 5.78 Å². The number of carbonyl (C=O) groups excluding carboxylic acids is 1. The van der Waals surface area contributed by atoms with Crippen molar-refractivity contribution in [3.8, 4) is 0 Å². The van der Waals surface area contributed by atoms with E-state index < -0.39 is 0 Å². The van der Waals surface area contributed by atoms with Crippen molar-refractivity contribution in [2.75, 3.05) is 5.32 Å². The van der Waals surface area contributed by atoms with Gasteiger partial charge in [0.1, 0.15) is 0 Å². The van der Waals surface area contributed by atoms with Crippen molar-refractivity contribution in [3.05, 3.63) is 59.4 Å². The smallest absolute Gasteiger partial charge is 0.163 e. The van der Waals surface area contributed by atoms with Crippen LogP contribution in [-0.4, -0.2) is 17.0 Å². The first kappa shape index (κ1) is 15.2. The number of carbonyl (C=O) groups is 1. The molecule has 1 aromatic heterocycles. The van der Waals surface area contributed by atoms with Crippen molar-refractivity contribution in [3.63, 3.8) is 0 Å². The maximum atomic E-state index is 12.2. The van der Waals surface area contributed by atoms with Crippen LogP contribution in [0.4, 0.5) is 11.4 Å². The van der Waals surface area contributed by atoms with Crippen LogP contribution in [0.15, 0.2) is 42.7 Å². The Bertz CT molecular complexity index is 779. The van der Waals surface area contributed by atoms with Gasteiger partial charge in [0, 0.05) is 47.5 Å². The predicted octanol–water partition coefficient (Wildman–Crippen LogP) is 4.13. The molecule has 0 radical (unpaired) electrons. The number of nitrogens with one attached hydrogen (secondary N) is 2. The lowest BCUT2D eigenvalue weighted by Gasteiger charge is -2.15. The fourth-order valence-electron chi connectivity index (χ4n) is 2.98. The zero-order valence-corrected chi connectivity index (χ0v) is 13.1. The van der Waals surface area contributed by atoms with E-state index in [1.807, 2.05) is 31.2 Å². The molecule has 1 aliphatic rings. The molecule has 1 aromatic carbocycles. The summed E-state index contributed by atoms with van der Waals surface area (Å²) >= 11 is 0. The first-order valence-corrected chi connectivity index (χ1v) is 7.77. The van der Waals surface area contributed by atoms with Crippen LogP contribution < -0.4 is 5.32 Å². The minimum absolute atomic E-state index is 0.192. The Morgan fingerprint density at radius 1 is 1.22 bits per heavy atom. The maximum Gasteiger partial charge on any atom is 0.163 e. The third-order valence-corrected chi connectivity index (χ3v) is 4.12. The third-order valence-electron chi connectivity index (χ3n) is 4.12. The van der Waals surface area contributed by atoms with Gasteiger partial charge >= 0.3 is 0 Å². The number of ketones is 1. The number of aromatic nitrogens is 1. The lowest BCUT2D eigenvalue weighted by molar-refractivity contribution is -0.113. The predicted molar refractivity (Wildman–Crippen MR) is 93.4 cm³/mol. The number of Topliss-reactive ketones (excluding diaryl/α,β-unsaturated/α-hetero) is 1. The highest BCUT2D eigenvalue weighted by molar-refractivity contribution is 6.21. The Balaban J connectivity index is 2.08. The van der Waals surface area contributed by atoms with E-state index in [2.05, 4.69) is 16.4 Å².